The summed E-state index contributed by atoms with van der Waals surface area (Å²) >= 11 is 5.43. The van der Waals surface area contributed by atoms with Gasteiger partial charge in [0, 0.05) is 17.7 Å². The number of hydrogen-bond acceptors (Lipinski definition) is 4. The monoisotopic (exact) mass is 459 g/mol. The highest BCUT2D eigenvalue weighted by Crippen LogP contribution is 2.61. The number of aryl methyl sites for hydroxylation is 1. The highest BCUT2D eigenvalue weighted by molar-refractivity contribution is 7.80. The summed E-state index contributed by atoms with van der Waals surface area (Å²) in [6.07, 6.45) is 8.45. The molecule has 5 nitrogen and oxygen atoms in total. The van der Waals surface area contributed by atoms with Gasteiger partial charge in [0.2, 0.25) is 11.8 Å². The van der Waals surface area contributed by atoms with Gasteiger partial charge in [-0.25, -0.2) is 4.98 Å². The van der Waals surface area contributed by atoms with Crippen LogP contribution in [0.4, 0.5) is 5.69 Å². The summed E-state index contributed by atoms with van der Waals surface area (Å²) in [7, 11) is 0. The van der Waals surface area contributed by atoms with Gasteiger partial charge in [0.1, 0.15) is 5.52 Å². The molecular formula is C27H29N3O2S. The molecular weight excluding hydrogens is 430 g/mol. The van der Waals surface area contributed by atoms with Crippen LogP contribution in [0.25, 0.3) is 22.6 Å². The SMILES string of the molecule is Cc1ccc2nc(-c3ccc(NC(=S)NC(=O)CC45CC6CC(CC(C6)C4)C5)cc3)oc2c1. The number of fused-ring (bicyclic) bond motifs is 1. The van der Waals surface area contributed by atoms with Crippen molar-refractivity contribution >= 4 is 40.0 Å². The first-order valence-electron chi connectivity index (χ1n) is 12.0. The maximum atomic E-state index is 12.8. The van der Waals surface area contributed by atoms with Crippen molar-refractivity contribution < 1.29 is 9.21 Å². The van der Waals surface area contributed by atoms with Crippen LogP contribution in [0.2, 0.25) is 0 Å². The Bertz CT molecular complexity index is 1190. The van der Waals surface area contributed by atoms with E-state index in [9.17, 15) is 4.79 Å². The zero-order chi connectivity index (χ0) is 22.6. The van der Waals surface area contributed by atoms with Gasteiger partial charge in [-0.1, -0.05) is 6.07 Å². The number of thiocarbonyl (C=S) groups is 1. The molecule has 4 bridgehead atoms. The van der Waals surface area contributed by atoms with Gasteiger partial charge in [0.05, 0.1) is 0 Å². The molecule has 2 N–H and O–H groups in total. The quantitative estimate of drug-likeness (QED) is 0.453. The number of hydrogen-bond donors (Lipinski definition) is 2. The Morgan fingerprint density at radius 3 is 2.39 bits per heavy atom. The Labute approximate surface area is 199 Å². The largest absolute Gasteiger partial charge is 0.436 e. The van der Waals surface area contributed by atoms with E-state index in [0.29, 0.717) is 17.4 Å². The second-order valence-electron chi connectivity index (χ2n) is 10.7. The van der Waals surface area contributed by atoms with Crippen molar-refractivity contribution in [3.8, 4) is 11.5 Å². The Morgan fingerprint density at radius 2 is 1.73 bits per heavy atom. The number of amides is 1. The Balaban J connectivity index is 1.07. The van der Waals surface area contributed by atoms with Crippen molar-refractivity contribution in [3.05, 3.63) is 48.0 Å². The standard InChI is InChI=1S/C27H29N3O2S/c1-16-2-7-22-23(8-16)32-25(29-22)20-3-5-21(6-4-20)28-26(33)30-24(31)15-27-12-17-9-18(13-27)11-19(10-17)14-27/h2-8,17-19H,9-15H2,1H3,(H2,28,30,31,33). The van der Waals surface area contributed by atoms with E-state index >= 15 is 0 Å². The molecule has 4 aliphatic carbocycles. The molecule has 0 saturated heterocycles. The average Bonchev–Trinajstić information content (AvgIpc) is 3.15. The third-order valence-electron chi connectivity index (χ3n) is 7.89. The van der Waals surface area contributed by atoms with E-state index in [1.165, 1.54) is 38.5 Å². The number of oxazole rings is 1. The summed E-state index contributed by atoms with van der Waals surface area (Å²) in [5.41, 5.74) is 4.71. The van der Waals surface area contributed by atoms with E-state index in [1.807, 2.05) is 49.4 Å². The third-order valence-corrected chi connectivity index (χ3v) is 8.09. The number of carbonyl (C=O) groups excluding carboxylic acids is 1. The van der Waals surface area contributed by atoms with Gasteiger partial charge in [-0.05, 0) is 123 Å². The van der Waals surface area contributed by atoms with Crippen molar-refractivity contribution in [1.82, 2.24) is 10.3 Å². The van der Waals surface area contributed by atoms with Gasteiger partial charge in [0.15, 0.2) is 10.7 Å². The first-order valence-corrected chi connectivity index (χ1v) is 12.4. The summed E-state index contributed by atoms with van der Waals surface area (Å²) in [5.74, 6) is 3.18. The summed E-state index contributed by atoms with van der Waals surface area (Å²) in [5, 5.41) is 6.42. The molecule has 0 radical (unpaired) electrons. The first kappa shape index (κ1) is 20.8. The van der Waals surface area contributed by atoms with Crippen LogP contribution < -0.4 is 10.6 Å². The lowest BCUT2D eigenvalue weighted by molar-refractivity contribution is -0.127. The van der Waals surface area contributed by atoms with Gasteiger partial charge in [-0.3, -0.25) is 4.79 Å². The minimum atomic E-state index is 0.0489. The normalized spacial score (nSPS) is 27.6. The molecule has 3 aromatic rings. The topological polar surface area (TPSA) is 67.2 Å². The van der Waals surface area contributed by atoms with Crippen molar-refractivity contribution in [2.45, 2.75) is 51.9 Å². The third kappa shape index (κ3) is 4.17. The van der Waals surface area contributed by atoms with Gasteiger partial charge < -0.3 is 15.1 Å². The van der Waals surface area contributed by atoms with E-state index < -0.39 is 0 Å². The second kappa shape index (κ2) is 7.94. The van der Waals surface area contributed by atoms with Crippen LogP contribution in [0, 0.1) is 30.1 Å². The van der Waals surface area contributed by atoms with Crippen LogP contribution >= 0.6 is 12.2 Å². The van der Waals surface area contributed by atoms with E-state index in [0.717, 1.165) is 45.7 Å². The Hall–Kier alpha value is -2.73. The van der Waals surface area contributed by atoms with Crippen molar-refractivity contribution in [1.29, 1.82) is 0 Å². The summed E-state index contributed by atoms with van der Waals surface area (Å²) in [6, 6.07) is 13.7. The van der Waals surface area contributed by atoms with Crippen LogP contribution in [-0.4, -0.2) is 16.0 Å². The molecule has 1 amide bonds. The fraction of sp³-hybridized carbons (Fsp3) is 0.444. The van der Waals surface area contributed by atoms with Gasteiger partial charge in [0.25, 0.3) is 0 Å². The molecule has 4 aliphatic rings. The smallest absolute Gasteiger partial charge is 0.227 e. The average molecular weight is 460 g/mol. The second-order valence-corrected chi connectivity index (χ2v) is 11.1. The molecule has 0 atom stereocenters. The lowest BCUT2D eigenvalue weighted by Crippen LogP contribution is -2.48. The number of nitrogens with one attached hydrogen (secondary N) is 2. The maximum absolute atomic E-state index is 12.8. The minimum absolute atomic E-state index is 0.0489. The van der Waals surface area contributed by atoms with Crippen LogP contribution in [0.3, 0.4) is 0 Å². The molecule has 4 fully saturated rings. The molecule has 0 unspecified atom stereocenters. The fourth-order valence-corrected chi connectivity index (χ4v) is 7.26. The minimum Gasteiger partial charge on any atom is -0.436 e. The Morgan fingerprint density at radius 1 is 1.06 bits per heavy atom. The zero-order valence-electron chi connectivity index (χ0n) is 18.9. The van der Waals surface area contributed by atoms with Gasteiger partial charge >= 0.3 is 0 Å². The van der Waals surface area contributed by atoms with Gasteiger partial charge in [-0.15, -0.1) is 0 Å². The molecule has 0 spiro atoms. The van der Waals surface area contributed by atoms with Crippen molar-refractivity contribution in [2.75, 3.05) is 5.32 Å². The molecule has 1 aromatic heterocycles. The molecule has 0 aliphatic heterocycles. The van der Waals surface area contributed by atoms with E-state index in [1.54, 1.807) is 0 Å². The molecule has 1 heterocycles. The maximum Gasteiger partial charge on any atom is 0.227 e. The molecule has 4 saturated carbocycles. The fourth-order valence-electron chi connectivity index (χ4n) is 7.03. The lowest BCUT2D eigenvalue weighted by Gasteiger charge is -2.56. The molecule has 170 valence electrons. The van der Waals surface area contributed by atoms with Crippen LogP contribution in [0.15, 0.2) is 46.9 Å². The molecule has 33 heavy (non-hydrogen) atoms. The van der Waals surface area contributed by atoms with Crippen LogP contribution in [-0.2, 0) is 4.79 Å². The highest BCUT2D eigenvalue weighted by atomic mass is 32.1. The zero-order valence-corrected chi connectivity index (χ0v) is 19.7. The van der Waals surface area contributed by atoms with E-state index in [4.69, 9.17) is 16.6 Å². The van der Waals surface area contributed by atoms with Crippen LogP contribution in [0.5, 0.6) is 0 Å². The number of rotatable bonds is 4. The lowest BCUT2D eigenvalue weighted by atomic mass is 9.49. The number of anilines is 1. The number of nitrogens with zero attached hydrogens (tertiary/aromatic N) is 1. The predicted octanol–water partition coefficient (Wildman–Crippen LogP) is 6.22. The highest BCUT2D eigenvalue weighted by Gasteiger charge is 2.51. The molecule has 6 heteroatoms. The molecule has 7 rings (SSSR count). The summed E-state index contributed by atoms with van der Waals surface area (Å²) in [6.45, 7) is 2.03. The van der Waals surface area contributed by atoms with Crippen molar-refractivity contribution in [2.24, 2.45) is 23.2 Å². The predicted molar refractivity (Wildman–Crippen MR) is 134 cm³/mol. The van der Waals surface area contributed by atoms with E-state index in [-0.39, 0.29) is 11.3 Å². The first-order chi connectivity index (χ1) is 15.9. The number of benzene rings is 2. The van der Waals surface area contributed by atoms with E-state index in [2.05, 4.69) is 15.6 Å². The molecule has 2 aromatic carbocycles. The number of aromatic nitrogens is 1. The summed E-state index contributed by atoms with van der Waals surface area (Å²) < 4.78 is 5.91. The van der Waals surface area contributed by atoms with Crippen molar-refractivity contribution in [3.63, 3.8) is 0 Å². The van der Waals surface area contributed by atoms with Gasteiger partial charge in [-0.2, -0.15) is 0 Å². The Kier molecular flexibility index (Phi) is 5.02. The van der Waals surface area contributed by atoms with Crippen LogP contribution in [0.1, 0.15) is 50.5 Å². The summed E-state index contributed by atoms with van der Waals surface area (Å²) in [4.78, 5) is 17.4. The number of carbonyl (C=O) groups is 1.